The molecule has 31 heteroatoms. The number of nitrogens with one attached hydrogen (secondary N) is 11. The summed E-state index contributed by atoms with van der Waals surface area (Å²) in [6.07, 6.45) is 2.77. The monoisotopic (exact) mass is 1450 g/mol. The van der Waals surface area contributed by atoms with Crippen molar-refractivity contribution in [2.24, 2.45) is 23.5 Å². The van der Waals surface area contributed by atoms with Gasteiger partial charge in [-0.25, -0.2) is 4.79 Å². The first-order valence-corrected chi connectivity index (χ1v) is 35.0. The highest BCUT2D eigenvalue weighted by Crippen LogP contribution is 2.23. The minimum atomic E-state index is -2.42. The van der Waals surface area contributed by atoms with Crippen LogP contribution in [-0.2, 0) is 86.4 Å². The maximum absolute atomic E-state index is 15.3. The lowest BCUT2D eigenvalue weighted by Crippen LogP contribution is -2.66. The van der Waals surface area contributed by atoms with Crippen molar-refractivity contribution >= 4 is 82.8 Å². The molecule has 1 saturated heterocycles. The number of aliphatic hydroxyl groups is 1. The van der Waals surface area contributed by atoms with Crippen LogP contribution in [0.15, 0.2) is 91.0 Å². The topological polar surface area (TPSA) is 481 Å². The normalized spacial score (nSPS) is 22.4. The molecular formula is C73H103N13O18. The summed E-state index contributed by atoms with van der Waals surface area (Å²) in [5.74, 6) is -15.9. The summed E-state index contributed by atoms with van der Waals surface area (Å²) < 4.78 is 0. The number of nitrogens with two attached hydrogens (primary N) is 1. The van der Waals surface area contributed by atoms with Crippen LogP contribution in [0.3, 0.4) is 0 Å². The molecular weight excluding hydrogens is 1350 g/mol. The molecule has 2 heterocycles. The molecule has 3 aromatic carbocycles. The lowest BCUT2D eigenvalue weighted by Gasteiger charge is -2.35. The molecule has 104 heavy (non-hydrogen) atoms. The number of allylic oxidation sites excluding steroid dienone is 2. The Labute approximate surface area is 605 Å². The van der Waals surface area contributed by atoms with Crippen LogP contribution in [0, 0.1) is 17.8 Å². The van der Waals surface area contributed by atoms with Crippen molar-refractivity contribution in [1.29, 1.82) is 0 Å². The molecule has 0 aliphatic carbocycles. The molecule has 1 fully saturated rings. The maximum atomic E-state index is 15.3. The smallest absolute Gasteiger partial charge is 0.336 e. The molecule has 0 radical (unpaired) electrons. The lowest BCUT2D eigenvalue weighted by atomic mass is 9.90. The molecule has 3 aromatic rings. The number of nitrogens with zero attached hydrogens (tertiary/aromatic N) is 1. The average Bonchev–Trinajstić information content (AvgIpc) is 1.12. The number of carbonyl (C=O) groups is 14. The minimum absolute atomic E-state index is 0.0839. The van der Waals surface area contributed by atoms with Crippen LogP contribution in [0.1, 0.15) is 144 Å². The number of amides is 13. The van der Waals surface area contributed by atoms with Crippen LogP contribution < -0.4 is 64.2 Å². The molecule has 2 aliphatic rings. The lowest BCUT2D eigenvalue weighted by molar-refractivity contribution is -0.148. The van der Waals surface area contributed by atoms with E-state index in [9.17, 15) is 82.8 Å². The molecule has 2 aliphatic heterocycles. The molecule has 0 saturated carbocycles. The summed E-state index contributed by atoms with van der Waals surface area (Å²) >= 11 is 0. The number of aromatic hydroxyl groups is 2. The summed E-state index contributed by atoms with van der Waals surface area (Å²) in [4.78, 5) is 198. The third-order valence-electron chi connectivity index (χ3n) is 18.5. The van der Waals surface area contributed by atoms with Gasteiger partial charge < -0.3 is 89.5 Å². The van der Waals surface area contributed by atoms with Crippen molar-refractivity contribution in [3.63, 3.8) is 0 Å². The Morgan fingerprint density at radius 1 is 0.596 bits per heavy atom. The number of hydrogen-bond acceptors (Lipinski definition) is 17. The van der Waals surface area contributed by atoms with Gasteiger partial charge in [0.1, 0.15) is 70.9 Å². The van der Waals surface area contributed by atoms with Crippen molar-refractivity contribution in [3.05, 3.63) is 108 Å². The predicted molar refractivity (Wildman–Crippen MR) is 380 cm³/mol. The molecule has 0 spiro atoms. The first-order chi connectivity index (χ1) is 49.0. The molecule has 13 atom stereocenters. The zero-order valence-electron chi connectivity index (χ0n) is 60.6. The Morgan fingerprint density at radius 3 is 1.62 bits per heavy atom. The van der Waals surface area contributed by atoms with Crippen molar-refractivity contribution in [1.82, 2.24) is 63.4 Å². The van der Waals surface area contributed by atoms with Gasteiger partial charge in [0.2, 0.25) is 76.9 Å². The number of primary amides is 1. The van der Waals surface area contributed by atoms with E-state index in [1.54, 1.807) is 70.2 Å². The van der Waals surface area contributed by atoms with E-state index in [-0.39, 0.29) is 75.8 Å². The van der Waals surface area contributed by atoms with E-state index >= 15 is 4.79 Å². The summed E-state index contributed by atoms with van der Waals surface area (Å²) in [5, 5.41) is 70.2. The van der Waals surface area contributed by atoms with Gasteiger partial charge in [-0.15, -0.1) is 0 Å². The van der Waals surface area contributed by atoms with Gasteiger partial charge in [-0.2, -0.15) is 0 Å². The number of rotatable bonds is 27. The molecule has 17 N–H and O–H groups in total. The Hall–Kier alpha value is -10.5. The van der Waals surface area contributed by atoms with Gasteiger partial charge >= 0.3 is 5.97 Å². The minimum Gasteiger partial charge on any atom is -0.508 e. The number of aliphatic carboxylic acids is 1. The van der Waals surface area contributed by atoms with Crippen molar-refractivity contribution < 1.29 is 87.5 Å². The van der Waals surface area contributed by atoms with Crippen molar-refractivity contribution in [2.75, 3.05) is 13.1 Å². The fourth-order valence-corrected chi connectivity index (χ4v) is 12.0. The van der Waals surface area contributed by atoms with Gasteiger partial charge in [0, 0.05) is 32.7 Å². The fraction of sp³-hybridized carbons (Fsp3) is 0.534. The first kappa shape index (κ1) is 84.2. The van der Waals surface area contributed by atoms with Crippen LogP contribution in [0.4, 0.5) is 0 Å². The number of benzene rings is 3. The summed E-state index contributed by atoms with van der Waals surface area (Å²) in [5.41, 5.74) is 2.90. The van der Waals surface area contributed by atoms with E-state index in [0.717, 1.165) is 0 Å². The quantitative estimate of drug-likeness (QED) is 0.0355. The Morgan fingerprint density at radius 2 is 1.10 bits per heavy atom. The highest BCUT2D eigenvalue weighted by molar-refractivity contribution is 6.07. The SMILES string of the molecule is CC[C@H](C)[C@H](NC(C)=O)C(=O)N[C@H](C(=O)N[C@@H](Cc1ccccc1)C(=O)N[C@@]1(C)CCC/C=C/CCC[C@@](C)(C(=O)N[C@@H](Cc2ccc(O)cc2)C(=O)N[C@@H](Cc2ccc(O)cc2)C(=O)NCC(=O)N2CCC[C@H]2C(N)=O)NC(=O)[C@H](C(C)C)NC(=O)[C@H](C(C)C)NC(=O)C(C(=O)O)NC1=O)[C@@H](C)O. The Balaban J connectivity index is 1.51. The van der Waals surface area contributed by atoms with Crippen LogP contribution in [-0.4, -0.2) is 193 Å². The zero-order valence-corrected chi connectivity index (χ0v) is 60.6. The summed E-state index contributed by atoms with van der Waals surface area (Å²) in [7, 11) is 0. The highest BCUT2D eigenvalue weighted by Gasteiger charge is 2.45. The molecule has 5 rings (SSSR count). The van der Waals surface area contributed by atoms with E-state index in [2.05, 4.69) is 58.5 Å². The number of carboxylic acid groups (broad SMARTS) is 1. The van der Waals surface area contributed by atoms with Gasteiger partial charge in [0.25, 0.3) is 5.91 Å². The second-order valence-electron chi connectivity index (χ2n) is 27.8. The van der Waals surface area contributed by atoms with E-state index in [0.29, 0.717) is 36.0 Å². The number of carbonyl (C=O) groups excluding carboxylic acids is 13. The second-order valence-corrected chi connectivity index (χ2v) is 27.8. The third-order valence-corrected chi connectivity index (χ3v) is 18.5. The van der Waals surface area contributed by atoms with Gasteiger partial charge in [0.15, 0.2) is 0 Å². The number of phenols is 2. The standard InChI is InChI=1S/C73H103N13O18/c1-11-42(6)57(76-44(8)88)65(97)82-58(43(7)87)66(98)78-52(36-45-22-17-16-18-23-45)63(95)84-73(10)34-20-15-13-12-14-19-33-72(9,85-68(100)56(41(4)5)81-64(96)55(40(2)3)80-67(99)59(69(101)102)83-71(73)104)70(103)79-51(38-47-27-31-49(90)32-28-47)62(94)77-50(37-46-25-29-48(89)30-26-46)61(93)75-39-54(91)86-35-21-24-53(86)60(74)92/h12-13,16-18,22-23,25-32,40-43,50-53,55-59,87,89-90H,11,14-15,19-21,24,33-39H2,1-10H3,(H2,74,92)(H,75,93)(H,76,88)(H,77,94)(H,78,98)(H,79,103)(H,80,99)(H,81,96)(H,82,97)(H,83,104)(H,84,95)(H,85,100)(H,101,102)/b13-12+/t42-,43+,50-,51-,52-,53-,55-,56-,57-,58-,59?,72-,73-/m0/s1. The first-order valence-electron chi connectivity index (χ1n) is 35.0. The van der Waals surface area contributed by atoms with Gasteiger partial charge in [0.05, 0.1) is 12.6 Å². The van der Waals surface area contributed by atoms with Crippen LogP contribution in [0.2, 0.25) is 0 Å². The largest absolute Gasteiger partial charge is 0.508 e. The number of phenolic OH excluding ortho intramolecular Hbond substituents is 2. The van der Waals surface area contributed by atoms with Crippen molar-refractivity contribution in [3.8, 4) is 11.5 Å². The summed E-state index contributed by atoms with van der Waals surface area (Å²) in [6.45, 7) is 14.4. The highest BCUT2D eigenvalue weighted by atomic mass is 16.4. The maximum Gasteiger partial charge on any atom is 0.336 e. The predicted octanol–water partition coefficient (Wildman–Crippen LogP) is 0.100. The van der Waals surface area contributed by atoms with E-state index in [1.165, 1.54) is 95.0 Å². The van der Waals surface area contributed by atoms with Gasteiger partial charge in [-0.1, -0.05) is 115 Å². The van der Waals surface area contributed by atoms with Crippen molar-refractivity contribution in [2.45, 2.75) is 218 Å². The number of carboxylic acids is 1. The Bertz CT molecular complexity index is 3570. The number of aliphatic hydroxyl groups excluding tert-OH is 1. The third kappa shape index (κ3) is 24.9. The molecule has 1 unspecified atom stereocenters. The van der Waals surface area contributed by atoms with Crippen LogP contribution >= 0.6 is 0 Å². The van der Waals surface area contributed by atoms with E-state index in [4.69, 9.17) is 5.73 Å². The second kappa shape index (κ2) is 39.3. The average molecular weight is 1450 g/mol. The molecule has 13 amide bonds. The van der Waals surface area contributed by atoms with E-state index < -0.39 is 179 Å². The number of hydrogen-bond donors (Lipinski definition) is 16. The fourth-order valence-electron chi connectivity index (χ4n) is 12.0. The van der Waals surface area contributed by atoms with Gasteiger partial charge in [-0.05, 0) is 131 Å². The molecule has 0 bridgehead atoms. The molecule has 0 aromatic heterocycles. The zero-order chi connectivity index (χ0) is 77.3. The van der Waals surface area contributed by atoms with Gasteiger partial charge in [-0.3, -0.25) is 62.3 Å². The summed E-state index contributed by atoms with van der Waals surface area (Å²) in [6, 6.07) is 6.03. The Kier molecular flexibility index (Phi) is 31.8. The van der Waals surface area contributed by atoms with Crippen LogP contribution in [0.5, 0.6) is 11.5 Å². The molecule has 31 nitrogen and oxygen atoms in total. The van der Waals surface area contributed by atoms with E-state index in [1.807, 2.05) is 0 Å². The number of likely N-dealkylation sites (tertiary alicyclic amines) is 1. The van der Waals surface area contributed by atoms with Crippen LogP contribution in [0.25, 0.3) is 0 Å². The molecule has 568 valence electrons.